The average Bonchev–Trinajstić information content (AvgIpc) is 3.14. The molecule has 3 rings (SSSR count). The Morgan fingerprint density at radius 1 is 1.20 bits per heavy atom. The fourth-order valence-electron chi connectivity index (χ4n) is 3.49. The summed E-state index contributed by atoms with van der Waals surface area (Å²) in [6.07, 6.45) is 0.977. The number of nitrogens with one attached hydrogen (secondary N) is 2. The highest BCUT2D eigenvalue weighted by atomic mass is 32.1. The number of aliphatic carboxylic acids is 1. The van der Waals surface area contributed by atoms with Crippen molar-refractivity contribution in [2.45, 2.75) is 26.7 Å². The molecule has 0 spiro atoms. The highest BCUT2D eigenvalue weighted by Gasteiger charge is 2.13. The molecular weight excluding hydrogens is 400 g/mol. The van der Waals surface area contributed by atoms with Crippen LogP contribution in [0.3, 0.4) is 0 Å². The SMILES string of the molecule is Cc1cccc(C)c1N(CCCNc1cccc(-n2[nH]nnc2=S)c1)CCC(=O)O. The van der Waals surface area contributed by atoms with Crippen molar-refractivity contribution >= 4 is 29.6 Å². The van der Waals surface area contributed by atoms with E-state index in [0.717, 1.165) is 47.7 Å². The smallest absolute Gasteiger partial charge is 0.305 e. The molecule has 0 aliphatic rings. The van der Waals surface area contributed by atoms with Gasteiger partial charge >= 0.3 is 5.97 Å². The number of hydrogen-bond donors (Lipinski definition) is 3. The molecule has 0 radical (unpaired) electrons. The van der Waals surface area contributed by atoms with Gasteiger partial charge in [0.05, 0.1) is 12.1 Å². The van der Waals surface area contributed by atoms with E-state index in [1.54, 1.807) is 4.68 Å². The van der Waals surface area contributed by atoms with E-state index in [9.17, 15) is 4.79 Å². The summed E-state index contributed by atoms with van der Waals surface area (Å²) in [5, 5.41) is 22.8. The van der Waals surface area contributed by atoms with Crippen LogP contribution in [0.5, 0.6) is 0 Å². The molecule has 158 valence electrons. The monoisotopic (exact) mass is 426 g/mol. The van der Waals surface area contributed by atoms with Crippen molar-refractivity contribution in [3.63, 3.8) is 0 Å². The highest BCUT2D eigenvalue weighted by Crippen LogP contribution is 2.25. The third-order valence-corrected chi connectivity index (χ3v) is 5.13. The zero-order valence-corrected chi connectivity index (χ0v) is 17.9. The van der Waals surface area contributed by atoms with Crippen LogP contribution < -0.4 is 10.2 Å². The van der Waals surface area contributed by atoms with Crippen molar-refractivity contribution in [1.82, 2.24) is 20.2 Å². The lowest BCUT2D eigenvalue weighted by atomic mass is 10.1. The molecule has 1 heterocycles. The van der Waals surface area contributed by atoms with Crippen LogP contribution in [0, 0.1) is 18.6 Å². The van der Waals surface area contributed by atoms with Crippen molar-refractivity contribution < 1.29 is 9.90 Å². The second-order valence-corrected chi connectivity index (χ2v) is 7.48. The van der Waals surface area contributed by atoms with Gasteiger partial charge in [0.2, 0.25) is 4.77 Å². The van der Waals surface area contributed by atoms with E-state index in [1.165, 1.54) is 0 Å². The molecule has 0 saturated heterocycles. The van der Waals surface area contributed by atoms with Gasteiger partial charge in [0.1, 0.15) is 0 Å². The number of carboxylic acid groups (broad SMARTS) is 1. The number of aryl methyl sites for hydroxylation is 2. The molecule has 9 heteroatoms. The predicted molar refractivity (Wildman–Crippen MR) is 120 cm³/mol. The Hall–Kier alpha value is -3.20. The number of tetrazole rings is 1. The molecule has 0 aliphatic carbocycles. The Bertz CT molecular complexity index is 1040. The number of rotatable bonds is 10. The van der Waals surface area contributed by atoms with E-state index >= 15 is 0 Å². The molecule has 2 aromatic carbocycles. The molecule has 8 nitrogen and oxygen atoms in total. The van der Waals surface area contributed by atoms with Crippen molar-refractivity contribution in [2.75, 3.05) is 29.9 Å². The van der Waals surface area contributed by atoms with Gasteiger partial charge in [0.25, 0.3) is 0 Å². The molecule has 0 atom stereocenters. The minimum absolute atomic E-state index is 0.113. The first kappa shape index (κ1) is 21.5. The Labute approximate surface area is 180 Å². The molecule has 0 unspecified atom stereocenters. The van der Waals surface area contributed by atoms with Crippen LogP contribution in [-0.4, -0.2) is 50.9 Å². The summed E-state index contributed by atoms with van der Waals surface area (Å²) in [4.78, 5) is 13.3. The number of benzene rings is 2. The third kappa shape index (κ3) is 5.44. The quantitative estimate of drug-likeness (QED) is 0.336. The zero-order valence-electron chi connectivity index (χ0n) is 17.1. The Balaban J connectivity index is 1.62. The Kier molecular flexibility index (Phi) is 7.18. The topological polar surface area (TPSA) is 99.1 Å². The Morgan fingerprint density at radius 2 is 1.93 bits per heavy atom. The lowest BCUT2D eigenvalue weighted by Crippen LogP contribution is -2.29. The first-order valence-electron chi connectivity index (χ1n) is 9.83. The summed E-state index contributed by atoms with van der Waals surface area (Å²) in [6.45, 7) is 6.14. The average molecular weight is 427 g/mol. The van der Waals surface area contributed by atoms with Gasteiger partial charge in [0.15, 0.2) is 0 Å². The number of nitrogens with zero attached hydrogens (tertiary/aromatic N) is 4. The molecule has 0 fully saturated rings. The standard InChI is InChI=1S/C21H26N6O2S/c1-15-6-3-7-16(2)20(15)26(13-10-19(28)29)12-5-11-22-17-8-4-9-18(14-17)27-21(30)23-24-25-27/h3-4,6-9,14,22H,5,10-13H2,1-2H3,(H,28,29)(H,23,25,30). The number of aromatic amines is 1. The third-order valence-electron chi connectivity index (χ3n) is 4.86. The maximum Gasteiger partial charge on any atom is 0.305 e. The van der Waals surface area contributed by atoms with Gasteiger partial charge < -0.3 is 15.3 Å². The summed E-state index contributed by atoms with van der Waals surface area (Å²) < 4.78 is 2.00. The van der Waals surface area contributed by atoms with E-state index in [2.05, 4.69) is 51.7 Å². The molecule has 3 N–H and O–H groups in total. The number of H-pyrrole nitrogens is 1. The van der Waals surface area contributed by atoms with E-state index < -0.39 is 5.97 Å². The minimum Gasteiger partial charge on any atom is -0.481 e. The van der Waals surface area contributed by atoms with Crippen molar-refractivity contribution in [3.05, 3.63) is 58.4 Å². The van der Waals surface area contributed by atoms with Gasteiger partial charge in [-0.1, -0.05) is 34.6 Å². The van der Waals surface area contributed by atoms with Crippen LogP contribution in [0.2, 0.25) is 0 Å². The molecule has 3 aromatic rings. The molecule has 0 bridgehead atoms. The molecular formula is C21H26N6O2S. The maximum absolute atomic E-state index is 11.1. The molecule has 0 saturated carbocycles. The number of carboxylic acids is 1. The predicted octanol–water partition coefficient (Wildman–Crippen LogP) is 3.73. The first-order chi connectivity index (χ1) is 14.5. The van der Waals surface area contributed by atoms with Crippen LogP contribution in [0.25, 0.3) is 5.69 Å². The van der Waals surface area contributed by atoms with Crippen molar-refractivity contribution in [2.24, 2.45) is 0 Å². The summed E-state index contributed by atoms with van der Waals surface area (Å²) in [5.74, 6) is -0.784. The van der Waals surface area contributed by atoms with E-state index in [-0.39, 0.29) is 6.42 Å². The van der Waals surface area contributed by atoms with Crippen LogP contribution in [0.4, 0.5) is 11.4 Å². The summed E-state index contributed by atoms with van der Waals surface area (Å²) in [7, 11) is 0. The van der Waals surface area contributed by atoms with Gasteiger partial charge in [-0.2, -0.15) is 5.21 Å². The zero-order chi connectivity index (χ0) is 21.5. The van der Waals surface area contributed by atoms with Crippen LogP contribution in [0.15, 0.2) is 42.5 Å². The van der Waals surface area contributed by atoms with E-state index in [1.807, 2.05) is 30.3 Å². The maximum atomic E-state index is 11.1. The second-order valence-electron chi connectivity index (χ2n) is 7.12. The largest absolute Gasteiger partial charge is 0.481 e. The van der Waals surface area contributed by atoms with Gasteiger partial charge in [-0.25, -0.2) is 4.68 Å². The van der Waals surface area contributed by atoms with Gasteiger partial charge in [-0.05, 0) is 61.8 Å². The lowest BCUT2D eigenvalue weighted by molar-refractivity contribution is -0.136. The minimum atomic E-state index is -0.784. The van der Waals surface area contributed by atoms with Gasteiger partial charge in [0, 0.05) is 31.0 Å². The van der Waals surface area contributed by atoms with Crippen LogP contribution >= 0.6 is 12.2 Å². The molecule has 1 aromatic heterocycles. The summed E-state index contributed by atoms with van der Waals surface area (Å²) in [6, 6.07) is 14.0. The summed E-state index contributed by atoms with van der Waals surface area (Å²) >= 11 is 5.15. The van der Waals surface area contributed by atoms with Crippen molar-refractivity contribution in [3.8, 4) is 5.69 Å². The number of aromatic nitrogens is 4. The van der Waals surface area contributed by atoms with Crippen LogP contribution in [-0.2, 0) is 4.79 Å². The Morgan fingerprint density at radius 3 is 2.60 bits per heavy atom. The van der Waals surface area contributed by atoms with Crippen LogP contribution in [0.1, 0.15) is 24.0 Å². The molecule has 0 amide bonds. The number of anilines is 2. The van der Waals surface area contributed by atoms with Gasteiger partial charge in [-0.15, -0.1) is 0 Å². The van der Waals surface area contributed by atoms with E-state index in [4.69, 9.17) is 17.3 Å². The first-order valence-corrected chi connectivity index (χ1v) is 10.2. The van der Waals surface area contributed by atoms with Crippen molar-refractivity contribution in [1.29, 1.82) is 0 Å². The highest BCUT2D eigenvalue weighted by molar-refractivity contribution is 7.71. The van der Waals surface area contributed by atoms with Gasteiger partial charge in [-0.3, -0.25) is 4.79 Å². The fraction of sp³-hybridized carbons (Fsp3) is 0.333. The van der Waals surface area contributed by atoms with E-state index in [0.29, 0.717) is 11.3 Å². The number of carbonyl (C=O) groups is 1. The second kappa shape index (κ2) is 10.0. The molecule has 0 aliphatic heterocycles. The lowest BCUT2D eigenvalue weighted by Gasteiger charge is -2.28. The summed E-state index contributed by atoms with van der Waals surface area (Å²) in [5.41, 5.74) is 5.26. The number of hydrogen-bond acceptors (Lipinski definition) is 6. The normalized spacial score (nSPS) is 10.7. The number of para-hydroxylation sites is 1. The fourth-order valence-corrected chi connectivity index (χ4v) is 3.68. The molecule has 30 heavy (non-hydrogen) atoms.